The van der Waals surface area contributed by atoms with E-state index in [1.165, 1.54) is 0 Å². The minimum atomic E-state index is -0.425. The number of hydrogen-bond donors (Lipinski definition) is 1. The lowest BCUT2D eigenvalue weighted by Gasteiger charge is -2.43. The minimum Gasteiger partial charge on any atom is -0.376 e. The minimum absolute atomic E-state index is 0.196. The van der Waals surface area contributed by atoms with Crippen molar-refractivity contribution in [3.8, 4) is 0 Å². The van der Waals surface area contributed by atoms with Crippen LogP contribution in [-0.2, 0) is 9.53 Å². The summed E-state index contributed by atoms with van der Waals surface area (Å²) >= 11 is 0. The number of nitrogens with zero attached hydrogens (tertiary/aromatic N) is 1. The number of carbonyl (C=O) groups is 1. The first kappa shape index (κ1) is 11.9. The number of hydrogen-bond acceptors (Lipinski definition) is 3. The maximum absolute atomic E-state index is 12.3. The first-order chi connectivity index (χ1) is 7.50. The zero-order chi connectivity index (χ0) is 11.8. The SMILES string of the molecule is CC1CNC(C)(C)C(=O)N1CC1CCCO1. The Bertz CT molecular complexity index is 272. The molecule has 16 heavy (non-hydrogen) atoms. The van der Waals surface area contributed by atoms with Gasteiger partial charge in [0.25, 0.3) is 0 Å². The van der Waals surface area contributed by atoms with Crippen LogP contribution in [0.25, 0.3) is 0 Å². The van der Waals surface area contributed by atoms with Gasteiger partial charge in [0.15, 0.2) is 0 Å². The van der Waals surface area contributed by atoms with E-state index >= 15 is 0 Å². The summed E-state index contributed by atoms with van der Waals surface area (Å²) in [5.41, 5.74) is -0.425. The highest BCUT2D eigenvalue weighted by Gasteiger charge is 2.39. The fourth-order valence-corrected chi connectivity index (χ4v) is 2.42. The van der Waals surface area contributed by atoms with Crippen LogP contribution < -0.4 is 5.32 Å². The molecule has 0 saturated carbocycles. The second-order valence-corrected chi connectivity index (χ2v) is 5.45. The standard InChI is InChI=1S/C12H22N2O2/c1-9-7-13-12(2,3)11(15)14(9)8-10-5-4-6-16-10/h9-10,13H,4-8H2,1-3H3. The van der Waals surface area contributed by atoms with Crippen LogP contribution in [0.2, 0.25) is 0 Å². The van der Waals surface area contributed by atoms with E-state index in [-0.39, 0.29) is 18.1 Å². The van der Waals surface area contributed by atoms with Gasteiger partial charge < -0.3 is 15.0 Å². The average Bonchev–Trinajstić information content (AvgIpc) is 2.72. The van der Waals surface area contributed by atoms with E-state index in [1.807, 2.05) is 18.7 Å². The summed E-state index contributed by atoms with van der Waals surface area (Å²) in [6, 6.07) is 0.268. The molecule has 1 amide bonds. The zero-order valence-electron chi connectivity index (χ0n) is 10.5. The molecule has 0 radical (unpaired) electrons. The molecule has 92 valence electrons. The molecule has 2 aliphatic rings. The van der Waals surface area contributed by atoms with Crippen molar-refractivity contribution in [3.05, 3.63) is 0 Å². The lowest BCUT2D eigenvalue weighted by Crippen LogP contribution is -2.65. The van der Waals surface area contributed by atoms with Crippen molar-refractivity contribution in [3.63, 3.8) is 0 Å². The Labute approximate surface area is 97.3 Å². The van der Waals surface area contributed by atoms with Crippen molar-refractivity contribution in [2.45, 2.75) is 51.3 Å². The molecule has 0 aliphatic carbocycles. The van der Waals surface area contributed by atoms with Gasteiger partial charge in [-0.1, -0.05) is 0 Å². The molecule has 2 unspecified atom stereocenters. The average molecular weight is 226 g/mol. The first-order valence-corrected chi connectivity index (χ1v) is 6.18. The molecular formula is C12H22N2O2. The van der Waals surface area contributed by atoms with Crippen LogP contribution in [0.4, 0.5) is 0 Å². The number of amides is 1. The normalized spacial score (nSPS) is 34.4. The van der Waals surface area contributed by atoms with Gasteiger partial charge in [0.05, 0.1) is 11.6 Å². The van der Waals surface area contributed by atoms with E-state index in [0.717, 1.165) is 32.5 Å². The summed E-state index contributed by atoms with van der Waals surface area (Å²) in [7, 11) is 0. The van der Waals surface area contributed by atoms with E-state index in [9.17, 15) is 4.79 Å². The Balaban J connectivity index is 2.02. The number of carbonyl (C=O) groups excluding carboxylic acids is 1. The molecule has 2 aliphatic heterocycles. The predicted octanol–water partition coefficient (Wildman–Crippen LogP) is 0.764. The molecule has 4 heteroatoms. The highest BCUT2D eigenvalue weighted by atomic mass is 16.5. The maximum atomic E-state index is 12.3. The van der Waals surface area contributed by atoms with Gasteiger partial charge in [0.2, 0.25) is 5.91 Å². The number of nitrogens with one attached hydrogen (secondary N) is 1. The predicted molar refractivity (Wildman–Crippen MR) is 62.2 cm³/mol. The topological polar surface area (TPSA) is 41.6 Å². The third-order valence-electron chi connectivity index (χ3n) is 3.59. The molecule has 0 spiro atoms. The van der Waals surface area contributed by atoms with Crippen LogP contribution in [-0.4, -0.2) is 48.2 Å². The summed E-state index contributed by atoms with van der Waals surface area (Å²) in [6.07, 6.45) is 2.47. The van der Waals surface area contributed by atoms with Gasteiger partial charge in [-0.05, 0) is 33.6 Å². The second-order valence-electron chi connectivity index (χ2n) is 5.45. The summed E-state index contributed by atoms with van der Waals surface area (Å²) < 4.78 is 5.61. The van der Waals surface area contributed by atoms with Crippen LogP contribution in [0.3, 0.4) is 0 Å². The van der Waals surface area contributed by atoms with Crippen molar-refractivity contribution < 1.29 is 9.53 Å². The smallest absolute Gasteiger partial charge is 0.242 e. The number of rotatable bonds is 2. The van der Waals surface area contributed by atoms with E-state index in [2.05, 4.69) is 12.2 Å². The Morgan fingerprint density at radius 2 is 2.31 bits per heavy atom. The molecule has 0 aromatic rings. The summed E-state index contributed by atoms with van der Waals surface area (Å²) in [6.45, 7) is 8.46. The van der Waals surface area contributed by atoms with Gasteiger partial charge in [0.1, 0.15) is 0 Å². The first-order valence-electron chi connectivity index (χ1n) is 6.18. The molecule has 2 atom stereocenters. The van der Waals surface area contributed by atoms with Crippen LogP contribution in [0.15, 0.2) is 0 Å². The molecule has 2 rings (SSSR count). The fraction of sp³-hybridized carbons (Fsp3) is 0.917. The van der Waals surface area contributed by atoms with Crippen molar-refractivity contribution >= 4 is 5.91 Å². The molecule has 0 aromatic heterocycles. The van der Waals surface area contributed by atoms with Crippen molar-refractivity contribution in [2.24, 2.45) is 0 Å². The lowest BCUT2D eigenvalue weighted by molar-refractivity contribution is -0.144. The van der Waals surface area contributed by atoms with Gasteiger partial charge in [-0.2, -0.15) is 0 Å². The fourth-order valence-electron chi connectivity index (χ4n) is 2.42. The van der Waals surface area contributed by atoms with Gasteiger partial charge in [0, 0.05) is 25.7 Å². The van der Waals surface area contributed by atoms with Crippen LogP contribution in [0.1, 0.15) is 33.6 Å². The molecule has 0 aromatic carbocycles. The van der Waals surface area contributed by atoms with E-state index in [1.54, 1.807) is 0 Å². The molecule has 1 N–H and O–H groups in total. The van der Waals surface area contributed by atoms with E-state index < -0.39 is 5.54 Å². The molecule has 2 saturated heterocycles. The largest absolute Gasteiger partial charge is 0.376 e. The van der Waals surface area contributed by atoms with Gasteiger partial charge >= 0.3 is 0 Å². The van der Waals surface area contributed by atoms with Crippen LogP contribution >= 0.6 is 0 Å². The Morgan fingerprint density at radius 1 is 1.56 bits per heavy atom. The zero-order valence-corrected chi connectivity index (χ0v) is 10.5. The monoisotopic (exact) mass is 226 g/mol. The molecule has 4 nitrogen and oxygen atoms in total. The Morgan fingerprint density at radius 3 is 2.94 bits per heavy atom. The van der Waals surface area contributed by atoms with Crippen molar-refractivity contribution in [2.75, 3.05) is 19.7 Å². The van der Waals surface area contributed by atoms with Crippen LogP contribution in [0, 0.1) is 0 Å². The molecule has 0 bridgehead atoms. The van der Waals surface area contributed by atoms with Crippen molar-refractivity contribution in [1.82, 2.24) is 10.2 Å². The second kappa shape index (κ2) is 4.34. The quantitative estimate of drug-likeness (QED) is 0.756. The number of ether oxygens (including phenoxy) is 1. The Hall–Kier alpha value is -0.610. The highest BCUT2D eigenvalue weighted by Crippen LogP contribution is 2.20. The summed E-state index contributed by atoms with van der Waals surface area (Å²) in [5, 5.41) is 3.28. The highest BCUT2D eigenvalue weighted by molar-refractivity contribution is 5.86. The lowest BCUT2D eigenvalue weighted by atomic mass is 9.97. The molecular weight excluding hydrogens is 204 g/mol. The summed E-state index contributed by atoms with van der Waals surface area (Å²) in [4.78, 5) is 14.2. The van der Waals surface area contributed by atoms with Crippen molar-refractivity contribution in [1.29, 1.82) is 0 Å². The maximum Gasteiger partial charge on any atom is 0.242 e. The summed E-state index contributed by atoms with van der Waals surface area (Å²) in [5.74, 6) is 0.196. The molecule has 2 fully saturated rings. The van der Waals surface area contributed by atoms with Gasteiger partial charge in [-0.3, -0.25) is 4.79 Å². The van der Waals surface area contributed by atoms with E-state index in [0.29, 0.717) is 0 Å². The third kappa shape index (κ3) is 2.23. The van der Waals surface area contributed by atoms with Crippen LogP contribution in [0.5, 0.6) is 0 Å². The third-order valence-corrected chi connectivity index (χ3v) is 3.59. The van der Waals surface area contributed by atoms with Gasteiger partial charge in [-0.15, -0.1) is 0 Å². The molecule has 2 heterocycles. The van der Waals surface area contributed by atoms with E-state index in [4.69, 9.17) is 4.74 Å². The number of piperazine rings is 1. The Kier molecular flexibility index (Phi) is 3.22. The van der Waals surface area contributed by atoms with Gasteiger partial charge in [-0.25, -0.2) is 0 Å².